The minimum Gasteiger partial charge on any atom is -0.481 e. The molecule has 1 amide bonds. The molecule has 18 heavy (non-hydrogen) atoms. The molecule has 2 N–H and O–H groups in total. The van der Waals surface area contributed by atoms with Gasteiger partial charge in [-0.25, -0.2) is 0 Å². The topological polar surface area (TPSA) is 84.2 Å². The molecule has 0 radical (unpaired) electrons. The van der Waals surface area contributed by atoms with Gasteiger partial charge in [-0.3, -0.25) is 14.3 Å². The third kappa shape index (κ3) is 2.52. The highest BCUT2D eigenvalue weighted by atomic mass is 16.4. The van der Waals surface area contributed by atoms with Crippen molar-refractivity contribution in [2.24, 2.45) is 12.5 Å². The fourth-order valence-electron chi connectivity index (χ4n) is 1.32. The van der Waals surface area contributed by atoms with E-state index in [9.17, 15) is 14.7 Å². The number of aliphatic carboxylic acids is 1. The number of carbonyl (C=O) groups is 2. The highest BCUT2D eigenvalue weighted by Crippen LogP contribution is 2.30. The first kappa shape index (κ1) is 14.2. The average Bonchev–Trinajstić information content (AvgIpc) is 2.63. The molecule has 0 aromatic carbocycles. The Balaban J connectivity index is 2.90. The second-order valence-corrected chi connectivity index (χ2v) is 5.41. The van der Waals surface area contributed by atoms with Gasteiger partial charge in [0.1, 0.15) is 0 Å². The lowest BCUT2D eigenvalue weighted by atomic mass is 9.74. The molecule has 1 aromatic heterocycles. The molecular weight excluding hydrogens is 234 g/mol. The zero-order valence-electron chi connectivity index (χ0n) is 11.3. The summed E-state index contributed by atoms with van der Waals surface area (Å²) < 4.78 is 1.52. The van der Waals surface area contributed by atoms with E-state index in [1.54, 1.807) is 40.9 Å². The summed E-state index contributed by atoms with van der Waals surface area (Å²) in [7, 11) is 1.71. The van der Waals surface area contributed by atoms with Crippen molar-refractivity contribution in [2.75, 3.05) is 0 Å². The molecule has 0 saturated carbocycles. The van der Waals surface area contributed by atoms with Gasteiger partial charge in [0.2, 0.25) is 0 Å². The summed E-state index contributed by atoms with van der Waals surface area (Å²) in [6.07, 6.45) is 3.03. The van der Waals surface area contributed by atoms with Gasteiger partial charge in [-0.1, -0.05) is 0 Å². The number of hydrogen-bond donors (Lipinski definition) is 2. The lowest BCUT2D eigenvalue weighted by Crippen LogP contribution is -2.56. The predicted molar refractivity (Wildman–Crippen MR) is 66.2 cm³/mol. The molecule has 6 heteroatoms. The van der Waals surface area contributed by atoms with E-state index in [-0.39, 0.29) is 5.91 Å². The van der Waals surface area contributed by atoms with Gasteiger partial charge in [-0.2, -0.15) is 5.10 Å². The zero-order valence-corrected chi connectivity index (χ0v) is 11.3. The molecule has 0 bridgehead atoms. The fourth-order valence-corrected chi connectivity index (χ4v) is 1.32. The maximum absolute atomic E-state index is 12.0. The number of nitrogens with zero attached hydrogens (tertiary/aromatic N) is 2. The van der Waals surface area contributed by atoms with Crippen LogP contribution in [0, 0.1) is 5.41 Å². The lowest BCUT2D eigenvalue weighted by molar-refractivity contribution is -0.150. The molecule has 0 atom stereocenters. The number of aryl methyl sites for hydroxylation is 1. The Kier molecular flexibility index (Phi) is 3.50. The van der Waals surface area contributed by atoms with Crippen molar-refractivity contribution in [3.05, 3.63) is 18.0 Å². The maximum atomic E-state index is 12.0. The Bertz CT molecular complexity index is 475. The van der Waals surface area contributed by atoms with Crippen LogP contribution in [-0.4, -0.2) is 32.3 Å². The molecule has 0 spiro atoms. The van der Waals surface area contributed by atoms with Crippen molar-refractivity contribution in [1.82, 2.24) is 15.1 Å². The van der Waals surface area contributed by atoms with Crippen LogP contribution in [0.15, 0.2) is 12.4 Å². The second kappa shape index (κ2) is 4.44. The van der Waals surface area contributed by atoms with Crippen LogP contribution in [0.3, 0.4) is 0 Å². The SMILES string of the molecule is Cn1cc(C(=O)NC(C)(C)C(C)(C)C(=O)O)cn1. The molecule has 0 unspecified atom stereocenters. The standard InChI is InChI=1S/C12H19N3O3/c1-11(2,10(17)18)12(3,4)14-9(16)8-6-13-15(5)7-8/h6-7H,1-5H3,(H,14,16)(H,17,18). The number of hydrogen-bond acceptors (Lipinski definition) is 3. The van der Waals surface area contributed by atoms with Crippen LogP contribution < -0.4 is 5.32 Å². The summed E-state index contributed by atoms with van der Waals surface area (Å²) in [5.41, 5.74) is -1.55. The second-order valence-electron chi connectivity index (χ2n) is 5.41. The zero-order chi connectivity index (χ0) is 14.1. The molecule has 6 nitrogen and oxygen atoms in total. The minimum absolute atomic E-state index is 0.331. The van der Waals surface area contributed by atoms with Crippen LogP contribution in [0.5, 0.6) is 0 Å². The summed E-state index contributed by atoms with van der Waals surface area (Å²) in [6.45, 7) is 6.54. The Hall–Kier alpha value is -1.85. The number of carboxylic acids is 1. The van der Waals surface area contributed by atoms with Crippen LogP contribution in [0.1, 0.15) is 38.1 Å². The Morgan fingerprint density at radius 1 is 1.33 bits per heavy atom. The van der Waals surface area contributed by atoms with Gasteiger partial charge in [0, 0.05) is 13.2 Å². The molecule has 0 aliphatic carbocycles. The van der Waals surface area contributed by atoms with E-state index in [1.165, 1.54) is 10.9 Å². The molecule has 0 aliphatic rings. The Morgan fingerprint density at radius 3 is 2.28 bits per heavy atom. The quantitative estimate of drug-likeness (QED) is 0.839. The van der Waals surface area contributed by atoms with E-state index in [1.807, 2.05) is 0 Å². The van der Waals surface area contributed by atoms with Crippen molar-refractivity contribution in [3.63, 3.8) is 0 Å². The van der Waals surface area contributed by atoms with Crippen molar-refractivity contribution in [2.45, 2.75) is 33.2 Å². The van der Waals surface area contributed by atoms with Crippen LogP contribution in [-0.2, 0) is 11.8 Å². The normalized spacial score (nSPS) is 12.3. The van der Waals surface area contributed by atoms with E-state index < -0.39 is 16.9 Å². The number of carbonyl (C=O) groups excluding carboxylic acids is 1. The van der Waals surface area contributed by atoms with Crippen LogP contribution in [0.4, 0.5) is 0 Å². The molecule has 0 saturated heterocycles. The molecule has 0 fully saturated rings. The molecule has 100 valence electrons. The van der Waals surface area contributed by atoms with E-state index in [0.717, 1.165) is 0 Å². The van der Waals surface area contributed by atoms with Gasteiger partial charge >= 0.3 is 5.97 Å². The van der Waals surface area contributed by atoms with Crippen molar-refractivity contribution < 1.29 is 14.7 Å². The van der Waals surface area contributed by atoms with Crippen LogP contribution >= 0.6 is 0 Å². The number of nitrogens with one attached hydrogen (secondary N) is 1. The summed E-state index contributed by atoms with van der Waals surface area (Å²) in [5.74, 6) is -1.29. The number of amides is 1. The summed E-state index contributed by atoms with van der Waals surface area (Å²) in [4.78, 5) is 23.2. The summed E-state index contributed by atoms with van der Waals surface area (Å²) >= 11 is 0. The first-order chi connectivity index (χ1) is 8.08. The fraction of sp³-hybridized carbons (Fsp3) is 0.583. The van der Waals surface area contributed by atoms with Crippen molar-refractivity contribution in [1.29, 1.82) is 0 Å². The monoisotopic (exact) mass is 253 g/mol. The number of rotatable bonds is 4. The molecule has 1 rings (SSSR count). The maximum Gasteiger partial charge on any atom is 0.311 e. The predicted octanol–water partition coefficient (Wildman–Crippen LogP) is 1.04. The molecule has 0 aliphatic heterocycles. The Labute approximate surface area is 106 Å². The van der Waals surface area contributed by atoms with Gasteiger partial charge < -0.3 is 10.4 Å². The first-order valence-corrected chi connectivity index (χ1v) is 5.62. The smallest absolute Gasteiger partial charge is 0.311 e. The Morgan fingerprint density at radius 2 is 1.89 bits per heavy atom. The van der Waals surface area contributed by atoms with Gasteiger partial charge in [-0.15, -0.1) is 0 Å². The van der Waals surface area contributed by atoms with Gasteiger partial charge in [0.15, 0.2) is 0 Å². The van der Waals surface area contributed by atoms with Crippen LogP contribution in [0.2, 0.25) is 0 Å². The largest absolute Gasteiger partial charge is 0.481 e. The third-order valence-electron chi connectivity index (χ3n) is 3.49. The van der Waals surface area contributed by atoms with Gasteiger partial charge in [-0.05, 0) is 27.7 Å². The van der Waals surface area contributed by atoms with Gasteiger partial charge in [0.25, 0.3) is 5.91 Å². The third-order valence-corrected chi connectivity index (χ3v) is 3.49. The average molecular weight is 253 g/mol. The van der Waals surface area contributed by atoms with Crippen molar-refractivity contribution in [3.8, 4) is 0 Å². The van der Waals surface area contributed by atoms with E-state index >= 15 is 0 Å². The van der Waals surface area contributed by atoms with E-state index in [0.29, 0.717) is 5.56 Å². The summed E-state index contributed by atoms with van der Waals surface area (Å²) in [5, 5.41) is 15.8. The lowest BCUT2D eigenvalue weighted by Gasteiger charge is -2.38. The van der Waals surface area contributed by atoms with Crippen molar-refractivity contribution >= 4 is 11.9 Å². The number of carboxylic acid groups (broad SMARTS) is 1. The number of aromatic nitrogens is 2. The molecule has 1 aromatic rings. The highest BCUT2D eigenvalue weighted by molar-refractivity contribution is 5.94. The van der Waals surface area contributed by atoms with Crippen LogP contribution in [0.25, 0.3) is 0 Å². The highest BCUT2D eigenvalue weighted by Gasteiger charge is 2.44. The molecule has 1 heterocycles. The van der Waals surface area contributed by atoms with E-state index in [4.69, 9.17) is 0 Å². The van der Waals surface area contributed by atoms with E-state index in [2.05, 4.69) is 10.4 Å². The minimum atomic E-state index is -1.08. The first-order valence-electron chi connectivity index (χ1n) is 5.62. The van der Waals surface area contributed by atoms with Gasteiger partial charge in [0.05, 0.1) is 22.7 Å². The summed E-state index contributed by atoms with van der Waals surface area (Å²) in [6, 6.07) is 0. The molecular formula is C12H19N3O3.